The molecule has 0 bridgehead atoms. The maximum atomic E-state index is 11.9. The molecule has 0 amide bonds. The summed E-state index contributed by atoms with van der Waals surface area (Å²) >= 11 is 3.23. The summed E-state index contributed by atoms with van der Waals surface area (Å²) in [6, 6.07) is 0.645. The molecule has 94 valence electrons. The van der Waals surface area contributed by atoms with Crippen LogP contribution in [0, 0.1) is 6.92 Å². The van der Waals surface area contributed by atoms with E-state index in [2.05, 4.69) is 26.2 Å². The van der Waals surface area contributed by atoms with Gasteiger partial charge < -0.3 is 5.32 Å². The average Bonchev–Trinajstić information content (AvgIpc) is 2.81. The molecule has 0 spiro atoms. The van der Waals surface area contributed by atoms with Crippen LogP contribution in [0.25, 0.3) is 0 Å². The first kappa shape index (κ1) is 12.8. The topological polar surface area (TPSA) is 46.9 Å². The van der Waals surface area contributed by atoms with Gasteiger partial charge in [0.15, 0.2) is 0 Å². The van der Waals surface area contributed by atoms with Crippen molar-refractivity contribution in [3.05, 3.63) is 26.8 Å². The molecule has 1 aromatic heterocycles. The Morgan fingerprint density at radius 3 is 3.18 bits per heavy atom. The van der Waals surface area contributed by atoms with Crippen LogP contribution >= 0.6 is 15.9 Å². The van der Waals surface area contributed by atoms with Crippen LogP contribution in [0.3, 0.4) is 0 Å². The predicted molar refractivity (Wildman–Crippen MR) is 71.2 cm³/mol. The Balaban J connectivity index is 1.94. The lowest BCUT2D eigenvalue weighted by atomic mass is 10.1. The van der Waals surface area contributed by atoms with Gasteiger partial charge in [0.1, 0.15) is 10.3 Å². The molecule has 1 atom stereocenters. The van der Waals surface area contributed by atoms with Gasteiger partial charge >= 0.3 is 0 Å². The maximum absolute atomic E-state index is 11.9. The monoisotopic (exact) mass is 299 g/mol. The highest BCUT2D eigenvalue weighted by Crippen LogP contribution is 2.11. The second-order valence-electron chi connectivity index (χ2n) is 4.55. The van der Waals surface area contributed by atoms with Crippen molar-refractivity contribution in [3.63, 3.8) is 0 Å². The molecular weight excluding hydrogens is 282 g/mol. The third-order valence-electron chi connectivity index (χ3n) is 3.30. The molecule has 1 fully saturated rings. The van der Waals surface area contributed by atoms with Crippen molar-refractivity contribution in [3.8, 4) is 0 Å². The van der Waals surface area contributed by atoms with E-state index in [-0.39, 0.29) is 5.56 Å². The van der Waals surface area contributed by atoms with Crippen LogP contribution in [-0.4, -0.2) is 22.1 Å². The average molecular weight is 300 g/mol. The fraction of sp³-hybridized carbons (Fsp3) is 0.667. The Hall–Kier alpha value is -0.680. The number of hydrogen-bond donors (Lipinski definition) is 1. The van der Waals surface area contributed by atoms with E-state index >= 15 is 0 Å². The van der Waals surface area contributed by atoms with Crippen LogP contribution in [0.5, 0.6) is 0 Å². The van der Waals surface area contributed by atoms with Crippen molar-refractivity contribution in [2.24, 2.45) is 0 Å². The first-order valence-corrected chi connectivity index (χ1v) is 6.93. The standard InChI is InChI=1S/C12H18BrN3O/c1-9-15-8-11(13)12(17)16(9)7-3-5-10-4-2-6-14-10/h8,10,14H,2-7H2,1H3. The highest BCUT2D eigenvalue weighted by Gasteiger charge is 2.13. The minimum absolute atomic E-state index is 0.0249. The van der Waals surface area contributed by atoms with Gasteiger partial charge in [0, 0.05) is 18.8 Å². The van der Waals surface area contributed by atoms with Crippen LogP contribution in [0.1, 0.15) is 31.5 Å². The van der Waals surface area contributed by atoms with Crippen molar-refractivity contribution in [2.45, 2.75) is 45.2 Å². The Labute approximate surface area is 110 Å². The molecule has 1 N–H and O–H groups in total. The number of aryl methyl sites for hydroxylation is 1. The van der Waals surface area contributed by atoms with Crippen LogP contribution in [0.2, 0.25) is 0 Å². The Morgan fingerprint density at radius 2 is 2.47 bits per heavy atom. The minimum Gasteiger partial charge on any atom is -0.314 e. The van der Waals surface area contributed by atoms with E-state index in [9.17, 15) is 4.79 Å². The zero-order chi connectivity index (χ0) is 12.3. The molecule has 5 heteroatoms. The largest absolute Gasteiger partial charge is 0.314 e. The highest BCUT2D eigenvalue weighted by molar-refractivity contribution is 9.10. The number of nitrogens with zero attached hydrogens (tertiary/aromatic N) is 2. The van der Waals surface area contributed by atoms with E-state index in [1.807, 2.05) is 6.92 Å². The van der Waals surface area contributed by atoms with E-state index in [1.54, 1.807) is 10.8 Å². The smallest absolute Gasteiger partial charge is 0.267 e. The molecule has 0 aromatic carbocycles. The van der Waals surface area contributed by atoms with Crippen molar-refractivity contribution in [2.75, 3.05) is 6.54 Å². The molecule has 4 nitrogen and oxygen atoms in total. The van der Waals surface area contributed by atoms with E-state index < -0.39 is 0 Å². The van der Waals surface area contributed by atoms with Crippen LogP contribution in [0.15, 0.2) is 15.5 Å². The molecule has 1 aromatic rings. The van der Waals surface area contributed by atoms with Crippen LogP contribution in [0.4, 0.5) is 0 Å². The maximum Gasteiger partial charge on any atom is 0.267 e. The summed E-state index contributed by atoms with van der Waals surface area (Å²) in [7, 11) is 0. The second-order valence-corrected chi connectivity index (χ2v) is 5.40. The first-order valence-electron chi connectivity index (χ1n) is 6.14. The number of halogens is 1. The SMILES string of the molecule is Cc1ncc(Br)c(=O)n1CCCC1CCCN1. The fourth-order valence-corrected chi connectivity index (χ4v) is 2.63. The fourth-order valence-electron chi connectivity index (χ4n) is 2.31. The second kappa shape index (κ2) is 5.78. The van der Waals surface area contributed by atoms with Crippen molar-refractivity contribution >= 4 is 15.9 Å². The summed E-state index contributed by atoms with van der Waals surface area (Å²) in [6.45, 7) is 3.78. The Bertz CT molecular complexity index is 438. The Kier molecular flexibility index (Phi) is 4.34. The lowest BCUT2D eigenvalue weighted by molar-refractivity contribution is 0.489. The van der Waals surface area contributed by atoms with Crippen molar-refractivity contribution < 1.29 is 0 Å². The Morgan fingerprint density at radius 1 is 1.65 bits per heavy atom. The summed E-state index contributed by atoms with van der Waals surface area (Å²) < 4.78 is 2.29. The number of hydrogen-bond acceptors (Lipinski definition) is 3. The van der Waals surface area contributed by atoms with Gasteiger partial charge in [-0.15, -0.1) is 0 Å². The number of nitrogens with one attached hydrogen (secondary N) is 1. The first-order chi connectivity index (χ1) is 8.18. The van der Waals surface area contributed by atoms with Gasteiger partial charge in [0.2, 0.25) is 0 Å². The van der Waals surface area contributed by atoms with E-state index in [4.69, 9.17) is 0 Å². The zero-order valence-electron chi connectivity index (χ0n) is 10.1. The molecule has 0 radical (unpaired) electrons. The molecule has 1 aliphatic rings. The van der Waals surface area contributed by atoms with E-state index in [0.29, 0.717) is 10.5 Å². The number of rotatable bonds is 4. The lowest BCUT2D eigenvalue weighted by Gasteiger charge is -2.12. The van der Waals surface area contributed by atoms with Gasteiger partial charge in [0.25, 0.3) is 5.56 Å². The molecule has 1 aliphatic heterocycles. The highest BCUT2D eigenvalue weighted by atomic mass is 79.9. The molecule has 17 heavy (non-hydrogen) atoms. The summed E-state index contributed by atoms with van der Waals surface area (Å²) in [5.41, 5.74) is 0.0249. The van der Waals surface area contributed by atoms with Crippen LogP contribution < -0.4 is 10.9 Å². The van der Waals surface area contributed by atoms with Crippen molar-refractivity contribution in [1.29, 1.82) is 0 Å². The third kappa shape index (κ3) is 3.16. The predicted octanol–water partition coefficient (Wildman–Crippen LogP) is 1.85. The van der Waals surface area contributed by atoms with E-state index in [0.717, 1.165) is 31.8 Å². The van der Waals surface area contributed by atoms with Gasteiger partial charge in [-0.05, 0) is 55.1 Å². The van der Waals surface area contributed by atoms with Crippen molar-refractivity contribution in [1.82, 2.24) is 14.9 Å². The van der Waals surface area contributed by atoms with Gasteiger partial charge in [-0.2, -0.15) is 0 Å². The summed E-state index contributed by atoms with van der Waals surface area (Å²) in [5.74, 6) is 0.789. The number of aromatic nitrogens is 2. The zero-order valence-corrected chi connectivity index (χ0v) is 11.7. The van der Waals surface area contributed by atoms with Gasteiger partial charge in [-0.25, -0.2) is 4.98 Å². The minimum atomic E-state index is 0.0249. The van der Waals surface area contributed by atoms with Gasteiger partial charge in [-0.3, -0.25) is 9.36 Å². The molecule has 0 saturated carbocycles. The molecule has 1 saturated heterocycles. The van der Waals surface area contributed by atoms with Gasteiger partial charge in [-0.1, -0.05) is 0 Å². The van der Waals surface area contributed by atoms with Crippen LogP contribution in [-0.2, 0) is 6.54 Å². The van der Waals surface area contributed by atoms with E-state index in [1.165, 1.54) is 12.8 Å². The normalized spacial score (nSPS) is 19.8. The summed E-state index contributed by atoms with van der Waals surface area (Å²) in [6.07, 6.45) is 6.29. The summed E-state index contributed by atoms with van der Waals surface area (Å²) in [5, 5.41) is 3.47. The molecule has 1 unspecified atom stereocenters. The van der Waals surface area contributed by atoms with Gasteiger partial charge in [0.05, 0.1) is 0 Å². The molecular formula is C12H18BrN3O. The lowest BCUT2D eigenvalue weighted by Crippen LogP contribution is -2.26. The molecule has 2 rings (SSSR count). The molecule has 2 heterocycles. The molecule has 0 aliphatic carbocycles. The third-order valence-corrected chi connectivity index (χ3v) is 3.85. The summed E-state index contributed by atoms with van der Waals surface area (Å²) in [4.78, 5) is 16.1. The quantitative estimate of drug-likeness (QED) is 0.923.